The van der Waals surface area contributed by atoms with E-state index >= 15 is 0 Å². The van der Waals surface area contributed by atoms with Crippen LogP contribution in [0.4, 0.5) is 0 Å². The summed E-state index contributed by atoms with van der Waals surface area (Å²) in [6.45, 7) is 0. The van der Waals surface area contributed by atoms with Crippen LogP contribution in [0.3, 0.4) is 0 Å². The van der Waals surface area contributed by atoms with Gasteiger partial charge < -0.3 is 9.53 Å². The molecule has 0 aromatic heterocycles. The molecule has 2 heteroatoms. The minimum Gasteiger partial charge on any atom is -0.380 e. The number of hydrogen-bond donors (Lipinski definition) is 0. The maximum absolute atomic E-state index is 10.6. The molecule has 0 heterocycles. The molecule has 1 aliphatic carbocycles. The molecule has 0 radical (unpaired) electrons. The van der Waals surface area contributed by atoms with E-state index in [1.54, 1.807) is 7.11 Å². The van der Waals surface area contributed by atoms with Gasteiger partial charge in [0.05, 0.1) is 12.0 Å². The van der Waals surface area contributed by atoms with E-state index in [1.807, 2.05) is 30.3 Å². The monoisotopic (exact) mass is 176 g/mol. The van der Waals surface area contributed by atoms with Crippen molar-refractivity contribution in [2.45, 2.75) is 12.0 Å². The topological polar surface area (TPSA) is 26.3 Å². The van der Waals surface area contributed by atoms with E-state index in [4.69, 9.17) is 4.74 Å². The highest BCUT2D eigenvalue weighted by molar-refractivity contribution is 5.64. The highest BCUT2D eigenvalue weighted by Gasteiger charge is 2.51. The molecule has 0 saturated heterocycles. The largest absolute Gasteiger partial charge is 0.380 e. The minimum atomic E-state index is 0.0624. The zero-order valence-corrected chi connectivity index (χ0v) is 7.51. The Hall–Kier alpha value is -1.15. The molecule has 2 nitrogen and oxygen atoms in total. The fourth-order valence-electron chi connectivity index (χ4n) is 1.86. The maximum Gasteiger partial charge on any atom is 0.126 e. The van der Waals surface area contributed by atoms with Crippen LogP contribution in [0.25, 0.3) is 0 Å². The second kappa shape index (κ2) is 3.30. The van der Waals surface area contributed by atoms with Crippen molar-refractivity contribution in [1.82, 2.24) is 0 Å². The Kier molecular flexibility index (Phi) is 2.15. The number of methoxy groups -OCH3 is 1. The van der Waals surface area contributed by atoms with Gasteiger partial charge in [-0.2, -0.15) is 0 Å². The summed E-state index contributed by atoms with van der Waals surface area (Å²) >= 11 is 0. The molecule has 0 aliphatic heterocycles. The van der Waals surface area contributed by atoms with Crippen molar-refractivity contribution in [3.63, 3.8) is 0 Å². The van der Waals surface area contributed by atoms with Crippen molar-refractivity contribution in [2.24, 2.45) is 5.92 Å². The van der Waals surface area contributed by atoms with Crippen LogP contribution in [0, 0.1) is 5.92 Å². The van der Waals surface area contributed by atoms with Gasteiger partial charge in [0, 0.05) is 13.0 Å². The Labute approximate surface area is 77.5 Å². The quantitative estimate of drug-likeness (QED) is 0.654. The molecule has 0 N–H and O–H groups in total. The third kappa shape index (κ3) is 1.38. The first-order chi connectivity index (χ1) is 6.38. The summed E-state index contributed by atoms with van der Waals surface area (Å²) in [7, 11) is 1.66. The zero-order valence-electron chi connectivity index (χ0n) is 7.51. The summed E-state index contributed by atoms with van der Waals surface area (Å²) < 4.78 is 5.20. The maximum atomic E-state index is 10.6. The van der Waals surface area contributed by atoms with Gasteiger partial charge >= 0.3 is 0 Å². The van der Waals surface area contributed by atoms with Crippen LogP contribution in [0.2, 0.25) is 0 Å². The van der Waals surface area contributed by atoms with Crippen LogP contribution in [-0.4, -0.2) is 19.5 Å². The summed E-state index contributed by atoms with van der Waals surface area (Å²) in [5.74, 6) is 0.344. The Morgan fingerprint density at radius 3 is 2.46 bits per heavy atom. The number of benzene rings is 1. The number of carbonyl (C=O) groups is 1. The van der Waals surface area contributed by atoms with Gasteiger partial charge in [-0.3, -0.25) is 0 Å². The highest BCUT2D eigenvalue weighted by atomic mass is 16.5. The normalized spacial score (nSPS) is 31.3. The first kappa shape index (κ1) is 8.45. The Balaban J connectivity index is 2.16. The Bertz CT molecular complexity index is 294. The summed E-state index contributed by atoms with van der Waals surface area (Å²) in [6, 6.07) is 10.0. The molecule has 2 rings (SSSR count). The van der Waals surface area contributed by atoms with E-state index in [-0.39, 0.29) is 17.9 Å². The molecule has 0 amide bonds. The molecule has 1 aliphatic rings. The van der Waals surface area contributed by atoms with Gasteiger partial charge in [-0.25, -0.2) is 0 Å². The standard InChI is InChI=1S/C11H12O2/c1-13-11-9(7-12)10(11)8-5-3-2-4-6-8/h2-7,9-11H,1H3/t9-,10-,11+/m0/s1. The lowest BCUT2D eigenvalue weighted by molar-refractivity contribution is -0.109. The van der Waals surface area contributed by atoms with Crippen LogP contribution in [0.15, 0.2) is 30.3 Å². The minimum absolute atomic E-state index is 0.0624. The fraction of sp³-hybridized carbons (Fsp3) is 0.364. The van der Waals surface area contributed by atoms with Crippen LogP contribution in [0.1, 0.15) is 11.5 Å². The molecular formula is C11H12O2. The van der Waals surface area contributed by atoms with Gasteiger partial charge in [-0.15, -0.1) is 0 Å². The first-order valence-electron chi connectivity index (χ1n) is 4.41. The second-order valence-corrected chi connectivity index (χ2v) is 3.35. The van der Waals surface area contributed by atoms with Crippen LogP contribution >= 0.6 is 0 Å². The Morgan fingerprint density at radius 2 is 2.00 bits per heavy atom. The second-order valence-electron chi connectivity index (χ2n) is 3.35. The van der Waals surface area contributed by atoms with Crippen molar-refractivity contribution in [3.8, 4) is 0 Å². The predicted molar refractivity (Wildman–Crippen MR) is 49.5 cm³/mol. The SMILES string of the molecule is CO[C@@H]1[C@@H](C=O)[C@@H]1c1ccccc1. The summed E-state index contributed by atoms with van der Waals surface area (Å²) in [6.07, 6.45) is 1.09. The van der Waals surface area contributed by atoms with Gasteiger partial charge in [0.25, 0.3) is 0 Å². The summed E-state index contributed by atoms with van der Waals surface area (Å²) in [4.78, 5) is 10.6. The molecule has 3 atom stereocenters. The average molecular weight is 176 g/mol. The number of rotatable bonds is 3. The van der Waals surface area contributed by atoms with Gasteiger partial charge in [-0.05, 0) is 5.56 Å². The molecule has 0 spiro atoms. The summed E-state index contributed by atoms with van der Waals surface area (Å²) in [5, 5.41) is 0. The van der Waals surface area contributed by atoms with Crippen LogP contribution in [-0.2, 0) is 9.53 Å². The van der Waals surface area contributed by atoms with Crippen molar-refractivity contribution in [3.05, 3.63) is 35.9 Å². The lowest BCUT2D eigenvalue weighted by Crippen LogP contribution is -1.91. The zero-order chi connectivity index (χ0) is 9.26. The van der Waals surface area contributed by atoms with Crippen molar-refractivity contribution < 1.29 is 9.53 Å². The van der Waals surface area contributed by atoms with Gasteiger partial charge in [0.15, 0.2) is 0 Å². The average Bonchev–Trinajstić information content (AvgIpc) is 2.92. The molecule has 1 aromatic carbocycles. The van der Waals surface area contributed by atoms with Gasteiger partial charge in [0.1, 0.15) is 6.29 Å². The van der Waals surface area contributed by atoms with E-state index in [1.165, 1.54) is 5.56 Å². The van der Waals surface area contributed by atoms with E-state index in [0.717, 1.165) is 6.29 Å². The van der Waals surface area contributed by atoms with E-state index < -0.39 is 0 Å². The molecule has 1 fully saturated rings. The molecule has 1 aromatic rings. The van der Waals surface area contributed by atoms with Crippen molar-refractivity contribution in [2.75, 3.05) is 7.11 Å². The smallest absolute Gasteiger partial charge is 0.126 e. The van der Waals surface area contributed by atoms with Crippen molar-refractivity contribution in [1.29, 1.82) is 0 Å². The number of carbonyl (C=O) groups excluding carboxylic acids is 1. The third-order valence-corrected chi connectivity index (χ3v) is 2.62. The predicted octanol–water partition coefficient (Wildman–Crippen LogP) is 1.61. The number of aldehydes is 1. The Morgan fingerprint density at radius 1 is 1.31 bits per heavy atom. The molecule has 0 unspecified atom stereocenters. The lowest BCUT2D eigenvalue weighted by atomic mass is 10.1. The molecule has 1 saturated carbocycles. The number of ether oxygens (including phenoxy) is 1. The van der Waals surface area contributed by atoms with Gasteiger partial charge in [0.2, 0.25) is 0 Å². The highest BCUT2D eigenvalue weighted by Crippen LogP contribution is 2.48. The van der Waals surface area contributed by atoms with Crippen LogP contribution < -0.4 is 0 Å². The molecule has 0 bridgehead atoms. The molecule has 13 heavy (non-hydrogen) atoms. The first-order valence-corrected chi connectivity index (χ1v) is 4.41. The molecule has 68 valence electrons. The fourth-order valence-corrected chi connectivity index (χ4v) is 1.86. The van der Waals surface area contributed by atoms with E-state index in [0.29, 0.717) is 0 Å². The van der Waals surface area contributed by atoms with Crippen molar-refractivity contribution >= 4 is 6.29 Å². The molecular weight excluding hydrogens is 164 g/mol. The van der Waals surface area contributed by atoms with E-state index in [2.05, 4.69) is 0 Å². The van der Waals surface area contributed by atoms with E-state index in [9.17, 15) is 4.79 Å². The number of hydrogen-bond acceptors (Lipinski definition) is 2. The lowest BCUT2D eigenvalue weighted by Gasteiger charge is -1.96. The summed E-state index contributed by atoms with van der Waals surface area (Å²) in [5.41, 5.74) is 1.20. The van der Waals surface area contributed by atoms with Crippen LogP contribution in [0.5, 0.6) is 0 Å². The third-order valence-electron chi connectivity index (χ3n) is 2.62. The van der Waals surface area contributed by atoms with Gasteiger partial charge in [-0.1, -0.05) is 30.3 Å².